The molecular formula is C6H10Ca3O14P4. The summed E-state index contributed by atoms with van der Waals surface area (Å²) in [6.07, 6.45) is 0.791. The summed E-state index contributed by atoms with van der Waals surface area (Å²) in [7, 11) is -21.4. The van der Waals surface area contributed by atoms with E-state index in [4.69, 9.17) is 10.2 Å². The van der Waals surface area contributed by atoms with Crippen molar-refractivity contribution in [2.75, 3.05) is 0 Å². The van der Waals surface area contributed by atoms with Gasteiger partial charge in [0, 0.05) is 0 Å². The maximum absolute atomic E-state index is 10.5. The summed E-state index contributed by atoms with van der Waals surface area (Å²) in [5, 5.41) is 16.8. The van der Waals surface area contributed by atoms with Gasteiger partial charge in [-0.1, -0.05) is 13.2 Å². The average molecular weight is 550 g/mol. The van der Waals surface area contributed by atoms with Crippen molar-refractivity contribution in [2.45, 2.75) is 11.2 Å². The SMILES string of the molecule is C=COP(=O)([O-])C(O)P(=O)([O-])[O-].C=COP(=O)([O-])C(O)P(=O)([O-])[O-].[Ca+2].[Ca+2].[Ca+2]. The summed E-state index contributed by atoms with van der Waals surface area (Å²) in [6.45, 7) is 5.62. The molecule has 0 fully saturated rings. The maximum atomic E-state index is 10.5. The molecule has 0 saturated carbocycles. The van der Waals surface area contributed by atoms with Crippen molar-refractivity contribution in [3.05, 3.63) is 25.7 Å². The molecule has 144 valence electrons. The summed E-state index contributed by atoms with van der Waals surface area (Å²) >= 11 is 0. The summed E-state index contributed by atoms with van der Waals surface area (Å²) in [6, 6.07) is 0. The van der Waals surface area contributed by atoms with Crippen LogP contribution in [0.4, 0.5) is 0 Å². The Bertz CT molecular complexity index is 574. The fraction of sp³-hybridized carbons (Fsp3) is 0.333. The van der Waals surface area contributed by atoms with Crippen LogP contribution in [0.15, 0.2) is 25.7 Å². The summed E-state index contributed by atoms with van der Waals surface area (Å²) in [5.74, 6) is 0. The third-order valence-corrected chi connectivity index (χ3v) is 8.12. The first-order valence-electron chi connectivity index (χ1n) is 5.03. The Labute approximate surface area is 243 Å². The Morgan fingerprint density at radius 2 is 0.852 bits per heavy atom. The van der Waals surface area contributed by atoms with Gasteiger partial charge in [0.05, 0.1) is 12.5 Å². The van der Waals surface area contributed by atoms with Crippen LogP contribution in [0.2, 0.25) is 0 Å². The number of hydrogen-bond donors (Lipinski definition) is 2. The van der Waals surface area contributed by atoms with E-state index in [-0.39, 0.29) is 113 Å². The van der Waals surface area contributed by atoms with Crippen LogP contribution in [-0.4, -0.2) is 135 Å². The molecule has 0 rings (SSSR count). The molecule has 21 heteroatoms. The van der Waals surface area contributed by atoms with E-state index in [2.05, 4.69) is 22.2 Å². The molecule has 0 heterocycles. The van der Waals surface area contributed by atoms with Crippen molar-refractivity contribution < 1.29 is 66.9 Å². The zero-order chi connectivity index (χ0) is 20.0. The number of aliphatic hydroxyl groups excluding tert-OH is 2. The quantitative estimate of drug-likeness (QED) is 0.162. The van der Waals surface area contributed by atoms with Crippen molar-refractivity contribution in [1.82, 2.24) is 0 Å². The first kappa shape index (κ1) is 40.8. The maximum Gasteiger partial charge on any atom is 2.00 e. The van der Waals surface area contributed by atoms with E-state index in [9.17, 15) is 47.6 Å². The number of rotatable bonds is 8. The van der Waals surface area contributed by atoms with Gasteiger partial charge in [0.2, 0.25) is 15.2 Å². The molecule has 0 aromatic carbocycles. The molecule has 4 atom stereocenters. The Hall–Kier alpha value is 3.46. The molecule has 0 aliphatic carbocycles. The first-order valence-corrected chi connectivity index (χ1v) is 11.5. The topological polar surface area (TPSA) is 266 Å². The molecule has 0 aliphatic rings. The van der Waals surface area contributed by atoms with E-state index >= 15 is 0 Å². The second kappa shape index (κ2) is 17.0. The molecule has 0 aromatic rings. The van der Waals surface area contributed by atoms with Gasteiger partial charge in [0.15, 0.2) is 11.2 Å². The Kier molecular flexibility index (Phi) is 25.7. The van der Waals surface area contributed by atoms with Gasteiger partial charge in [0.25, 0.3) is 0 Å². The van der Waals surface area contributed by atoms with Gasteiger partial charge >= 0.3 is 113 Å². The molecule has 0 aliphatic heterocycles. The zero-order valence-corrected chi connectivity index (χ0v) is 23.6. The van der Waals surface area contributed by atoms with Crippen LogP contribution in [0.1, 0.15) is 0 Å². The summed E-state index contributed by atoms with van der Waals surface area (Å²) < 4.78 is 48.3. The van der Waals surface area contributed by atoms with Gasteiger partial charge in [-0.05, 0) is 15.2 Å². The molecule has 0 spiro atoms. The standard InChI is InChI=1S/2C3H8O7P2.3Ca/c2*1-2-10-12(8,9)3(4)11(5,6)7;;;/h2*2-4H,1H2,(H,8,9)(H2,5,6,7);;;/q;;3*+2/p-6. The fourth-order valence-electron chi connectivity index (χ4n) is 0.663. The van der Waals surface area contributed by atoms with Crippen molar-refractivity contribution in [3.8, 4) is 0 Å². The molecule has 4 unspecified atom stereocenters. The Balaban J connectivity index is -0.000000108. The largest absolute Gasteiger partial charge is 2.00 e. The molecule has 14 nitrogen and oxygen atoms in total. The van der Waals surface area contributed by atoms with Gasteiger partial charge in [-0.15, -0.1) is 0 Å². The Morgan fingerprint density at radius 3 is 0.963 bits per heavy atom. The van der Waals surface area contributed by atoms with Crippen LogP contribution < -0.4 is 29.4 Å². The van der Waals surface area contributed by atoms with E-state index in [0.717, 1.165) is 0 Å². The average Bonchev–Trinajstić information content (AvgIpc) is 2.35. The molecule has 27 heavy (non-hydrogen) atoms. The van der Waals surface area contributed by atoms with Crippen molar-refractivity contribution in [3.63, 3.8) is 0 Å². The minimum atomic E-state index is -5.60. The van der Waals surface area contributed by atoms with E-state index < -0.39 is 41.6 Å². The van der Waals surface area contributed by atoms with Crippen LogP contribution in [0.5, 0.6) is 0 Å². The fourth-order valence-corrected chi connectivity index (χ4v) is 4.39. The van der Waals surface area contributed by atoms with Gasteiger partial charge in [-0.2, -0.15) is 0 Å². The van der Waals surface area contributed by atoms with Crippen molar-refractivity contribution in [2.24, 2.45) is 0 Å². The molecule has 0 amide bonds. The van der Waals surface area contributed by atoms with Crippen LogP contribution in [0.25, 0.3) is 0 Å². The summed E-state index contributed by atoms with van der Waals surface area (Å²) in [5.41, 5.74) is -6.13. The number of hydrogen-bond acceptors (Lipinski definition) is 14. The van der Waals surface area contributed by atoms with E-state index in [1.807, 2.05) is 0 Å². The molecule has 0 radical (unpaired) electrons. The smallest absolute Gasteiger partial charge is 0.809 e. The van der Waals surface area contributed by atoms with E-state index in [1.165, 1.54) is 0 Å². The first-order chi connectivity index (χ1) is 10.4. The van der Waals surface area contributed by atoms with Crippen LogP contribution >= 0.6 is 30.4 Å². The molecular weight excluding hydrogens is 540 g/mol. The van der Waals surface area contributed by atoms with Crippen LogP contribution in [0, 0.1) is 0 Å². The minimum absolute atomic E-state index is 0. The number of aliphatic hydroxyl groups is 2. The second-order valence-electron chi connectivity index (χ2n) is 3.40. The third kappa shape index (κ3) is 17.7. The second-order valence-corrected chi connectivity index (χ2v) is 10.9. The zero-order valence-electron chi connectivity index (χ0n) is 13.4. The van der Waals surface area contributed by atoms with Crippen LogP contribution in [0.3, 0.4) is 0 Å². The molecule has 2 N–H and O–H groups in total. The normalized spacial score (nSPS) is 17.2. The third-order valence-electron chi connectivity index (χ3n) is 1.57. The summed E-state index contributed by atoms with van der Waals surface area (Å²) in [4.78, 5) is 60.9. The predicted octanol–water partition coefficient (Wildman–Crippen LogP) is -5.36. The van der Waals surface area contributed by atoms with Crippen LogP contribution in [-0.2, 0) is 27.3 Å². The van der Waals surface area contributed by atoms with Gasteiger partial charge in [-0.25, -0.2) is 0 Å². The van der Waals surface area contributed by atoms with Gasteiger partial charge in [-0.3, -0.25) is 9.13 Å². The molecule has 0 bridgehead atoms. The molecule has 0 saturated heterocycles. The van der Waals surface area contributed by atoms with E-state index in [1.54, 1.807) is 0 Å². The predicted molar refractivity (Wildman–Crippen MR) is 82.3 cm³/mol. The molecule has 0 aromatic heterocycles. The van der Waals surface area contributed by atoms with Crippen molar-refractivity contribution in [1.29, 1.82) is 0 Å². The van der Waals surface area contributed by atoms with E-state index in [0.29, 0.717) is 12.5 Å². The van der Waals surface area contributed by atoms with Gasteiger partial charge < -0.3 is 57.8 Å². The van der Waals surface area contributed by atoms with Crippen molar-refractivity contribution >= 4 is 144 Å². The monoisotopic (exact) mass is 550 g/mol. The Morgan fingerprint density at radius 1 is 0.667 bits per heavy atom. The minimum Gasteiger partial charge on any atom is -0.809 e. The van der Waals surface area contributed by atoms with Gasteiger partial charge in [0.1, 0.15) is 0 Å².